The Morgan fingerprint density at radius 1 is 1.22 bits per heavy atom. The molecule has 2 rings (SSSR count). The van der Waals surface area contributed by atoms with Gasteiger partial charge in [0.05, 0.1) is 0 Å². The predicted molar refractivity (Wildman–Crippen MR) is 74.8 cm³/mol. The third kappa shape index (κ3) is 2.74. The second-order valence-corrected chi connectivity index (χ2v) is 6.47. The summed E-state index contributed by atoms with van der Waals surface area (Å²) < 4.78 is 0. The number of hydrogen-bond acceptors (Lipinski definition) is 1. The Morgan fingerprint density at radius 3 is 2.28 bits per heavy atom. The van der Waals surface area contributed by atoms with Crippen LogP contribution in [0.4, 0.5) is 0 Å². The molecule has 0 aromatic heterocycles. The van der Waals surface area contributed by atoms with Crippen molar-refractivity contribution in [3.8, 4) is 0 Å². The quantitative estimate of drug-likeness (QED) is 0.742. The van der Waals surface area contributed by atoms with Crippen LogP contribution in [0.25, 0.3) is 0 Å². The van der Waals surface area contributed by atoms with E-state index in [1.165, 1.54) is 5.56 Å². The van der Waals surface area contributed by atoms with Gasteiger partial charge in [0.1, 0.15) is 0 Å². The van der Waals surface area contributed by atoms with Crippen LogP contribution in [0.5, 0.6) is 0 Å². The van der Waals surface area contributed by atoms with Crippen molar-refractivity contribution in [2.24, 2.45) is 5.92 Å². The molecule has 1 heterocycles. The van der Waals surface area contributed by atoms with Crippen LogP contribution in [0.2, 0.25) is 0 Å². The summed E-state index contributed by atoms with van der Waals surface area (Å²) in [7, 11) is 0. The van der Waals surface area contributed by atoms with Gasteiger partial charge in [-0.1, -0.05) is 39.8 Å². The Bertz CT molecular complexity index is 427. The van der Waals surface area contributed by atoms with E-state index in [9.17, 15) is 4.79 Å². The first kappa shape index (κ1) is 13.1. The zero-order valence-corrected chi connectivity index (χ0v) is 11.9. The van der Waals surface area contributed by atoms with Gasteiger partial charge in [-0.3, -0.25) is 4.79 Å². The molecule has 2 nitrogen and oxygen atoms in total. The third-order valence-electron chi connectivity index (χ3n) is 3.71. The van der Waals surface area contributed by atoms with Crippen molar-refractivity contribution in [1.82, 2.24) is 4.90 Å². The summed E-state index contributed by atoms with van der Waals surface area (Å²) in [6.07, 6.45) is 1.13. The maximum atomic E-state index is 12.3. The molecule has 0 bridgehead atoms. The molecule has 0 spiro atoms. The van der Waals surface area contributed by atoms with Crippen LogP contribution in [0.15, 0.2) is 24.3 Å². The van der Waals surface area contributed by atoms with E-state index in [1.807, 2.05) is 17.0 Å². The number of benzene rings is 1. The first-order valence-corrected chi connectivity index (χ1v) is 6.78. The Morgan fingerprint density at radius 2 is 1.83 bits per heavy atom. The maximum absolute atomic E-state index is 12.3. The van der Waals surface area contributed by atoms with Crippen molar-refractivity contribution in [2.45, 2.75) is 39.5 Å². The monoisotopic (exact) mass is 245 g/mol. The molecule has 1 aliphatic rings. The highest BCUT2D eigenvalue weighted by molar-refractivity contribution is 5.94. The summed E-state index contributed by atoms with van der Waals surface area (Å²) in [5, 5.41) is 0. The number of carbonyl (C=O) groups excluding carboxylic acids is 1. The number of amides is 1. The van der Waals surface area contributed by atoms with Crippen molar-refractivity contribution in [3.05, 3.63) is 35.4 Å². The number of nitrogens with zero attached hydrogens (tertiary/aromatic N) is 1. The molecule has 1 aliphatic heterocycles. The van der Waals surface area contributed by atoms with Gasteiger partial charge >= 0.3 is 0 Å². The second-order valence-electron chi connectivity index (χ2n) is 6.47. The lowest BCUT2D eigenvalue weighted by Crippen LogP contribution is -2.28. The summed E-state index contributed by atoms with van der Waals surface area (Å²) in [4.78, 5) is 14.2. The van der Waals surface area contributed by atoms with Crippen molar-refractivity contribution < 1.29 is 4.79 Å². The fraction of sp³-hybridized carbons (Fsp3) is 0.562. The van der Waals surface area contributed by atoms with E-state index in [0.717, 1.165) is 25.1 Å². The van der Waals surface area contributed by atoms with Gasteiger partial charge in [-0.05, 0) is 35.4 Å². The van der Waals surface area contributed by atoms with Gasteiger partial charge in [0.25, 0.3) is 5.91 Å². The largest absolute Gasteiger partial charge is 0.338 e. The van der Waals surface area contributed by atoms with Gasteiger partial charge in [-0.15, -0.1) is 0 Å². The fourth-order valence-electron chi connectivity index (χ4n) is 2.41. The summed E-state index contributed by atoms with van der Waals surface area (Å²) in [6.45, 7) is 10.6. The van der Waals surface area contributed by atoms with Gasteiger partial charge in [-0.2, -0.15) is 0 Å². The van der Waals surface area contributed by atoms with Crippen LogP contribution in [0, 0.1) is 5.92 Å². The van der Waals surface area contributed by atoms with Crippen LogP contribution >= 0.6 is 0 Å². The van der Waals surface area contributed by atoms with E-state index in [2.05, 4.69) is 39.8 Å². The smallest absolute Gasteiger partial charge is 0.253 e. The molecule has 0 N–H and O–H groups in total. The minimum atomic E-state index is 0.143. The molecule has 0 aliphatic carbocycles. The fourth-order valence-corrected chi connectivity index (χ4v) is 2.41. The number of likely N-dealkylation sites (tertiary alicyclic amines) is 1. The summed E-state index contributed by atoms with van der Waals surface area (Å²) in [5.41, 5.74) is 2.23. The number of carbonyl (C=O) groups is 1. The van der Waals surface area contributed by atoms with E-state index in [0.29, 0.717) is 5.92 Å². The topological polar surface area (TPSA) is 20.3 Å². The number of rotatable bonds is 1. The van der Waals surface area contributed by atoms with E-state index in [1.54, 1.807) is 0 Å². The van der Waals surface area contributed by atoms with Gasteiger partial charge < -0.3 is 4.90 Å². The Labute approximate surface area is 110 Å². The van der Waals surface area contributed by atoms with Crippen LogP contribution in [-0.4, -0.2) is 23.9 Å². The van der Waals surface area contributed by atoms with Gasteiger partial charge in [-0.25, -0.2) is 0 Å². The molecule has 1 unspecified atom stereocenters. The molecule has 0 saturated carbocycles. The van der Waals surface area contributed by atoms with E-state index in [-0.39, 0.29) is 11.3 Å². The highest BCUT2D eigenvalue weighted by atomic mass is 16.2. The molecule has 1 saturated heterocycles. The highest BCUT2D eigenvalue weighted by Crippen LogP contribution is 2.23. The molecule has 1 atom stereocenters. The minimum Gasteiger partial charge on any atom is -0.338 e. The summed E-state index contributed by atoms with van der Waals surface area (Å²) in [6, 6.07) is 8.08. The van der Waals surface area contributed by atoms with Crippen LogP contribution in [0.3, 0.4) is 0 Å². The first-order chi connectivity index (χ1) is 8.38. The molecular formula is C16H23NO. The zero-order chi connectivity index (χ0) is 13.3. The van der Waals surface area contributed by atoms with Crippen LogP contribution in [0.1, 0.15) is 50.0 Å². The molecule has 18 heavy (non-hydrogen) atoms. The van der Waals surface area contributed by atoms with E-state index in [4.69, 9.17) is 0 Å². The molecule has 2 heteroatoms. The highest BCUT2D eigenvalue weighted by Gasteiger charge is 2.24. The van der Waals surface area contributed by atoms with Crippen molar-refractivity contribution in [2.75, 3.05) is 13.1 Å². The van der Waals surface area contributed by atoms with Crippen molar-refractivity contribution in [3.63, 3.8) is 0 Å². The summed E-state index contributed by atoms with van der Waals surface area (Å²) in [5.74, 6) is 0.822. The lowest BCUT2D eigenvalue weighted by molar-refractivity contribution is 0.0788. The predicted octanol–water partition coefficient (Wildman–Crippen LogP) is 3.47. The van der Waals surface area contributed by atoms with Crippen LogP contribution in [-0.2, 0) is 5.41 Å². The first-order valence-electron chi connectivity index (χ1n) is 6.78. The normalized spacial score (nSPS) is 20.2. The second kappa shape index (κ2) is 4.75. The van der Waals surface area contributed by atoms with Crippen LogP contribution < -0.4 is 0 Å². The molecule has 1 aromatic carbocycles. The van der Waals surface area contributed by atoms with Gasteiger partial charge in [0, 0.05) is 18.7 Å². The summed E-state index contributed by atoms with van der Waals surface area (Å²) >= 11 is 0. The average Bonchev–Trinajstić information content (AvgIpc) is 2.74. The maximum Gasteiger partial charge on any atom is 0.253 e. The lowest BCUT2D eigenvalue weighted by atomic mass is 9.86. The average molecular weight is 245 g/mol. The van der Waals surface area contributed by atoms with Gasteiger partial charge in [0.2, 0.25) is 0 Å². The molecular weight excluding hydrogens is 222 g/mol. The minimum absolute atomic E-state index is 0.143. The SMILES string of the molecule is CC1CCN(C(=O)c2ccc(C(C)(C)C)cc2)C1. The van der Waals surface area contributed by atoms with Crippen molar-refractivity contribution in [1.29, 1.82) is 0 Å². The van der Waals surface area contributed by atoms with E-state index < -0.39 is 0 Å². The zero-order valence-electron chi connectivity index (χ0n) is 11.9. The van der Waals surface area contributed by atoms with Gasteiger partial charge in [0.15, 0.2) is 0 Å². The molecule has 1 amide bonds. The third-order valence-corrected chi connectivity index (χ3v) is 3.71. The number of hydrogen-bond donors (Lipinski definition) is 0. The Hall–Kier alpha value is -1.31. The Kier molecular flexibility index (Phi) is 3.47. The van der Waals surface area contributed by atoms with Crippen molar-refractivity contribution >= 4 is 5.91 Å². The molecule has 0 radical (unpaired) electrons. The van der Waals surface area contributed by atoms with E-state index >= 15 is 0 Å². The lowest BCUT2D eigenvalue weighted by Gasteiger charge is -2.20. The standard InChI is InChI=1S/C16H23NO/c1-12-9-10-17(11-12)15(18)13-5-7-14(8-6-13)16(2,3)4/h5-8,12H,9-11H2,1-4H3. The molecule has 1 aromatic rings. The Balaban J connectivity index is 2.12. The molecule has 98 valence electrons. The molecule has 1 fully saturated rings.